The third-order valence-corrected chi connectivity index (χ3v) is 1.90. The second kappa shape index (κ2) is 4.93. The summed E-state index contributed by atoms with van der Waals surface area (Å²) in [6.07, 6.45) is 5.90. The Morgan fingerprint density at radius 2 is 2.42 bits per heavy atom. The second-order valence-electron chi connectivity index (χ2n) is 2.89. The van der Waals surface area contributed by atoms with E-state index in [4.69, 9.17) is 0 Å². The predicted octanol–water partition coefficient (Wildman–Crippen LogP) is 1.86. The normalized spacial score (nSPS) is 13.2. The first-order chi connectivity index (χ1) is 5.88. The summed E-state index contributed by atoms with van der Waals surface area (Å²) in [5.41, 5.74) is 0. The summed E-state index contributed by atoms with van der Waals surface area (Å²) in [6.45, 7) is 5.39. The Kier molecular flexibility index (Phi) is 3.80. The molecule has 3 heteroatoms. The lowest BCUT2D eigenvalue weighted by atomic mass is 10.2. The van der Waals surface area contributed by atoms with Gasteiger partial charge in [0.2, 0.25) is 0 Å². The molecule has 2 N–H and O–H groups in total. The van der Waals surface area contributed by atoms with Crippen molar-refractivity contribution in [1.82, 2.24) is 15.3 Å². The summed E-state index contributed by atoms with van der Waals surface area (Å²) in [7, 11) is 0. The molecule has 0 amide bonds. The van der Waals surface area contributed by atoms with Crippen LogP contribution in [0.1, 0.15) is 38.6 Å². The minimum absolute atomic E-state index is 0.389. The van der Waals surface area contributed by atoms with E-state index in [0.717, 1.165) is 25.2 Å². The smallest absolute Gasteiger partial charge is 0.123 e. The van der Waals surface area contributed by atoms with Gasteiger partial charge in [0.25, 0.3) is 0 Å². The van der Waals surface area contributed by atoms with Gasteiger partial charge in [-0.1, -0.05) is 13.8 Å². The molecule has 0 bridgehead atoms. The average molecular weight is 167 g/mol. The third-order valence-electron chi connectivity index (χ3n) is 1.90. The van der Waals surface area contributed by atoms with E-state index >= 15 is 0 Å². The van der Waals surface area contributed by atoms with Crippen LogP contribution in [-0.2, 0) is 0 Å². The van der Waals surface area contributed by atoms with Crippen LogP contribution in [0.15, 0.2) is 12.4 Å². The van der Waals surface area contributed by atoms with Crippen molar-refractivity contribution in [3.8, 4) is 0 Å². The summed E-state index contributed by atoms with van der Waals surface area (Å²) in [5, 5.41) is 3.43. The lowest BCUT2D eigenvalue weighted by Crippen LogP contribution is -2.22. The van der Waals surface area contributed by atoms with Gasteiger partial charge in [-0.25, -0.2) is 4.98 Å². The molecule has 0 aromatic carbocycles. The van der Waals surface area contributed by atoms with Crippen LogP contribution in [0.3, 0.4) is 0 Å². The highest BCUT2D eigenvalue weighted by atomic mass is 15.0. The SMILES string of the molecule is CCCNC(CC)c1ncc[nH]1. The van der Waals surface area contributed by atoms with Crippen LogP contribution in [0.2, 0.25) is 0 Å². The quantitative estimate of drug-likeness (QED) is 0.702. The van der Waals surface area contributed by atoms with E-state index in [9.17, 15) is 0 Å². The van der Waals surface area contributed by atoms with Gasteiger partial charge in [-0.3, -0.25) is 0 Å². The molecule has 3 nitrogen and oxygen atoms in total. The van der Waals surface area contributed by atoms with Gasteiger partial charge in [-0.15, -0.1) is 0 Å². The van der Waals surface area contributed by atoms with Crippen LogP contribution >= 0.6 is 0 Å². The van der Waals surface area contributed by atoms with Gasteiger partial charge < -0.3 is 10.3 Å². The lowest BCUT2D eigenvalue weighted by molar-refractivity contribution is 0.498. The summed E-state index contributed by atoms with van der Waals surface area (Å²) < 4.78 is 0. The highest BCUT2D eigenvalue weighted by Gasteiger charge is 2.08. The van der Waals surface area contributed by atoms with Crippen molar-refractivity contribution in [2.45, 2.75) is 32.7 Å². The Balaban J connectivity index is 2.45. The number of nitrogens with zero attached hydrogens (tertiary/aromatic N) is 1. The van der Waals surface area contributed by atoms with Crippen molar-refractivity contribution in [1.29, 1.82) is 0 Å². The third kappa shape index (κ3) is 2.34. The van der Waals surface area contributed by atoms with Gasteiger partial charge in [-0.05, 0) is 19.4 Å². The first kappa shape index (κ1) is 9.26. The van der Waals surface area contributed by atoms with Crippen molar-refractivity contribution in [3.63, 3.8) is 0 Å². The first-order valence-corrected chi connectivity index (χ1v) is 4.61. The van der Waals surface area contributed by atoms with E-state index in [0.29, 0.717) is 6.04 Å². The molecule has 0 radical (unpaired) electrons. The number of nitrogens with one attached hydrogen (secondary N) is 2. The minimum atomic E-state index is 0.389. The van der Waals surface area contributed by atoms with Crippen LogP contribution in [0.4, 0.5) is 0 Å². The Morgan fingerprint density at radius 1 is 1.58 bits per heavy atom. The Labute approximate surface area is 73.6 Å². The molecule has 0 aliphatic heterocycles. The van der Waals surface area contributed by atoms with E-state index < -0.39 is 0 Å². The molecule has 1 atom stereocenters. The molecular formula is C9H17N3. The van der Waals surface area contributed by atoms with E-state index in [1.165, 1.54) is 0 Å². The van der Waals surface area contributed by atoms with Gasteiger partial charge in [0.05, 0.1) is 6.04 Å². The Hall–Kier alpha value is -0.830. The largest absolute Gasteiger partial charge is 0.347 e. The summed E-state index contributed by atoms with van der Waals surface area (Å²) in [6, 6.07) is 0.389. The standard InChI is InChI=1S/C9H17N3/c1-3-5-10-8(4-2)9-11-6-7-12-9/h6-8,10H,3-5H2,1-2H3,(H,11,12). The number of hydrogen-bond acceptors (Lipinski definition) is 2. The maximum absolute atomic E-state index is 4.22. The molecular weight excluding hydrogens is 150 g/mol. The number of hydrogen-bond donors (Lipinski definition) is 2. The molecule has 0 aliphatic carbocycles. The molecule has 68 valence electrons. The molecule has 1 aromatic heterocycles. The molecule has 1 rings (SSSR count). The van der Waals surface area contributed by atoms with Crippen LogP contribution in [-0.4, -0.2) is 16.5 Å². The number of aromatic amines is 1. The maximum Gasteiger partial charge on any atom is 0.123 e. The van der Waals surface area contributed by atoms with Crippen molar-refractivity contribution < 1.29 is 0 Å². The van der Waals surface area contributed by atoms with E-state index in [1.807, 2.05) is 6.20 Å². The number of imidazole rings is 1. The molecule has 1 heterocycles. The van der Waals surface area contributed by atoms with Crippen LogP contribution in [0.5, 0.6) is 0 Å². The maximum atomic E-state index is 4.22. The Bertz CT molecular complexity index is 194. The predicted molar refractivity (Wildman–Crippen MR) is 49.9 cm³/mol. The van der Waals surface area contributed by atoms with Crippen molar-refractivity contribution >= 4 is 0 Å². The molecule has 0 spiro atoms. The fourth-order valence-corrected chi connectivity index (χ4v) is 1.22. The van der Waals surface area contributed by atoms with Crippen LogP contribution in [0, 0.1) is 0 Å². The molecule has 0 saturated heterocycles. The fraction of sp³-hybridized carbons (Fsp3) is 0.667. The van der Waals surface area contributed by atoms with Crippen molar-refractivity contribution in [2.24, 2.45) is 0 Å². The summed E-state index contributed by atoms with van der Waals surface area (Å²) >= 11 is 0. The van der Waals surface area contributed by atoms with Gasteiger partial charge in [0.1, 0.15) is 5.82 Å². The number of rotatable bonds is 5. The number of H-pyrrole nitrogens is 1. The molecule has 1 unspecified atom stereocenters. The lowest BCUT2D eigenvalue weighted by Gasteiger charge is -2.13. The zero-order valence-corrected chi connectivity index (χ0v) is 7.80. The molecule has 0 fully saturated rings. The topological polar surface area (TPSA) is 40.7 Å². The summed E-state index contributed by atoms with van der Waals surface area (Å²) in [4.78, 5) is 7.35. The van der Waals surface area contributed by atoms with Gasteiger partial charge in [0, 0.05) is 12.4 Å². The molecule has 1 aromatic rings. The van der Waals surface area contributed by atoms with E-state index in [2.05, 4.69) is 29.1 Å². The zero-order valence-electron chi connectivity index (χ0n) is 7.80. The van der Waals surface area contributed by atoms with Crippen molar-refractivity contribution in [2.75, 3.05) is 6.54 Å². The van der Waals surface area contributed by atoms with Gasteiger partial charge in [0.15, 0.2) is 0 Å². The van der Waals surface area contributed by atoms with E-state index in [1.54, 1.807) is 6.20 Å². The minimum Gasteiger partial charge on any atom is -0.347 e. The van der Waals surface area contributed by atoms with Crippen molar-refractivity contribution in [3.05, 3.63) is 18.2 Å². The monoisotopic (exact) mass is 167 g/mol. The van der Waals surface area contributed by atoms with Gasteiger partial charge in [-0.2, -0.15) is 0 Å². The van der Waals surface area contributed by atoms with Crippen LogP contribution < -0.4 is 5.32 Å². The second-order valence-corrected chi connectivity index (χ2v) is 2.89. The highest BCUT2D eigenvalue weighted by molar-refractivity contribution is 4.94. The fourth-order valence-electron chi connectivity index (χ4n) is 1.22. The molecule has 12 heavy (non-hydrogen) atoms. The number of aromatic nitrogens is 2. The highest BCUT2D eigenvalue weighted by Crippen LogP contribution is 2.10. The van der Waals surface area contributed by atoms with Gasteiger partial charge >= 0.3 is 0 Å². The molecule has 0 aliphatic rings. The molecule has 0 saturated carbocycles. The summed E-state index contributed by atoms with van der Waals surface area (Å²) in [5.74, 6) is 1.05. The van der Waals surface area contributed by atoms with Crippen LogP contribution in [0.25, 0.3) is 0 Å². The average Bonchev–Trinajstić information content (AvgIpc) is 2.59. The first-order valence-electron chi connectivity index (χ1n) is 4.61. The van der Waals surface area contributed by atoms with E-state index in [-0.39, 0.29) is 0 Å². The Morgan fingerprint density at radius 3 is 2.92 bits per heavy atom. The zero-order chi connectivity index (χ0) is 8.81.